The second kappa shape index (κ2) is 15.9. The van der Waals surface area contributed by atoms with Crippen molar-refractivity contribution in [2.75, 3.05) is 45.2 Å². The normalized spacial score (nSPS) is 19.0. The van der Waals surface area contributed by atoms with Crippen LogP contribution in [0.5, 0.6) is 5.75 Å². The van der Waals surface area contributed by atoms with E-state index in [4.69, 9.17) is 4.74 Å². The van der Waals surface area contributed by atoms with Crippen LogP contribution >= 0.6 is 0 Å². The molecule has 2 aromatic carbocycles. The van der Waals surface area contributed by atoms with Gasteiger partial charge in [0.1, 0.15) is 17.5 Å². The number of nitrogens with one attached hydrogen (secondary N) is 4. The summed E-state index contributed by atoms with van der Waals surface area (Å²) in [6.45, 7) is 0.809. The summed E-state index contributed by atoms with van der Waals surface area (Å²) < 4.78 is 35.3. The molecule has 1 atom stereocenters. The van der Waals surface area contributed by atoms with Crippen molar-refractivity contribution >= 4 is 33.4 Å². The van der Waals surface area contributed by atoms with Gasteiger partial charge in [-0.15, -0.1) is 0 Å². The van der Waals surface area contributed by atoms with E-state index in [0.717, 1.165) is 36.0 Å². The van der Waals surface area contributed by atoms with Crippen molar-refractivity contribution in [3.8, 4) is 5.75 Å². The van der Waals surface area contributed by atoms with Gasteiger partial charge >= 0.3 is 0 Å². The molecular weight excluding hydrogens is 620 g/mol. The highest BCUT2D eigenvalue weighted by atomic mass is 32.2. The Labute approximate surface area is 275 Å². The number of nitrogens with zero attached hydrogens (tertiary/aromatic N) is 2. The number of hydrogen-bond acceptors (Lipinski definition) is 8. The third kappa shape index (κ3) is 8.66. The zero-order valence-electron chi connectivity index (χ0n) is 26.6. The summed E-state index contributed by atoms with van der Waals surface area (Å²) in [4.78, 5) is 43.9. The Morgan fingerprint density at radius 3 is 2.40 bits per heavy atom. The molecule has 2 heterocycles. The van der Waals surface area contributed by atoms with Crippen LogP contribution in [0.15, 0.2) is 65.7 Å². The first-order valence-corrected chi connectivity index (χ1v) is 17.5. The summed E-state index contributed by atoms with van der Waals surface area (Å²) >= 11 is 0. The Hall–Kier alpha value is -4.49. The van der Waals surface area contributed by atoms with Gasteiger partial charge in [-0.25, -0.2) is 8.42 Å². The number of aromatic nitrogens is 1. The summed E-state index contributed by atoms with van der Waals surface area (Å²) in [5.74, 6) is -0.492. The molecule has 47 heavy (non-hydrogen) atoms. The van der Waals surface area contributed by atoms with Gasteiger partial charge in [0.2, 0.25) is 21.8 Å². The lowest BCUT2D eigenvalue weighted by atomic mass is 9.91. The number of carbonyl (C=O) groups is 3. The van der Waals surface area contributed by atoms with Gasteiger partial charge in [0.15, 0.2) is 0 Å². The van der Waals surface area contributed by atoms with Gasteiger partial charge in [0, 0.05) is 57.4 Å². The fourth-order valence-corrected chi connectivity index (χ4v) is 7.78. The molecule has 0 spiro atoms. The van der Waals surface area contributed by atoms with Crippen LogP contribution in [-0.4, -0.2) is 81.3 Å². The molecule has 13 heteroatoms. The average Bonchev–Trinajstić information content (AvgIpc) is 3.08. The monoisotopic (exact) mass is 662 g/mol. The summed E-state index contributed by atoms with van der Waals surface area (Å²) in [5, 5.41) is 11.7. The Bertz CT molecular complexity index is 1680. The van der Waals surface area contributed by atoms with Gasteiger partial charge in [-0.3, -0.25) is 19.4 Å². The van der Waals surface area contributed by atoms with E-state index < -0.39 is 27.9 Å². The Kier molecular flexibility index (Phi) is 11.4. The third-order valence-electron chi connectivity index (χ3n) is 8.43. The van der Waals surface area contributed by atoms with Crippen molar-refractivity contribution in [3.63, 3.8) is 0 Å². The van der Waals surface area contributed by atoms with Gasteiger partial charge in [-0.1, -0.05) is 30.3 Å². The number of ether oxygens (including phenoxy) is 1. The number of carbonyl (C=O) groups excluding carboxylic acids is 3. The van der Waals surface area contributed by atoms with Crippen molar-refractivity contribution in [2.24, 2.45) is 0 Å². The molecule has 0 saturated heterocycles. The maximum atomic E-state index is 14.2. The summed E-state index contributed by atoms with van der Waals surface area (Å²) in [7, 11) is -2.41. The summed E-state index contributed by atoms with van der Waals surface area (Å²) in [6, 6.07) is 15.0. The molecule has 3 amide bonds. The number of sulfonamides is 1. The minimum absolute atomic E-state index is 0.00141. The molecular formula is C34H42N6O6S. The summed E-state index contributed by atoms with van der Waals surface area (Å²) in [5.41, 5.74) is 3.30. The minimum Gasteiger partial charge on any atom is -0.496 e. The van der Waals surface area contributed by atoms with Gasteiger partial charge in [-0.05, 0) is 73.1 Å². The van der Waals surface area contributed by atoms with Crippen LogP contribution in [0, 0.1) is 0 Å². The first-order valence-electron chi connectivity index (χ1n) is 16.0. The lowest BCUT2D eigenvalue weighted by molar-refractivity contribution is -0.123. The standard InChI is InChI=1S/C34H42N6O6S/c1-46-30-13-14-31(27-11-6-5-10-26(27)30)47(44,45)40-20-7-12-32(41)37-18-17-35-25-15-16-36-28(23-25)34(43)39-29(33(42)38-19-21-40)22-24-8-3-2-4-9-24/h2-4,8-9,13-16,23,29,35H,5-7,10-12,17-22H2,1H3,(H,37,41)(H,38,42)(H,39,43)/t29-/m0/s1. The molecule has 250 valence electrons. The van der Waals surface area contributed by atoms with Crippen molar-refractivity contribution in [2.45, 2.75) is 55.9 Å². The van der Waals surface area contributed by atoms with E-state index in [1.54, 1.807) is 31.4 Å². The molecule has 5 rings (SSSR count). The molecule has 0 fully saturated rings. The van der Waals surface area contributed by atoms with Crippen LogP contribution in [-0.2, 0) is 38.9 Å². The van der Waals surface area contributed by atoms with E-state index in [0.29, 0.717) is 37.4 Å². The number of anilines is 1. The predicted molar refractivity (Wildman–Crippen MR) is 178 cm³/mol. The Morgan fingerprint density at radius 1 is 0.851 bits per heavy atom. The van der Waals surface area contributed by atoms with E-state index in [9.17, 15) is 22.8 Å². The first kappa shape index (κ1) is 33.9. The van der Waals surface area contributed by atoms with Crippen LogP contribution < -0.4 is 26.0 Å². The number of fused-ring (bicyclic) bond motifs is 3. The molecule has 2 bridgehead atoms. The SMILES string of the molecule is COc1ccc(S(=O)(=O)N2CCCC(=O)NCCNc3ccnc(c3)C(=O)N[C@@H](Cc3ccccc3)C(=O)NCC2)c2c1CCCC2. The van der Waals surface area contributed by atoms with Gasteiger partial charge in [-0.2, -0.15) is 4.31 Å². The van der Waals surface area contributed by atoms with Crippen molar-refractivity contribution < 1.29 is 27.5 Å². The number of rotatable bonds is 5. The molecule has 0 saturated carbocycles. The second-order valence-electron chi connectivity index (χ2n) is 11.7. The molecule has 4 N–H and O–H groups in total. The molecule has 3 aromatic rings. The quantitative estimate of drug-likeness (QED) is 0.324. The zero-order valence-corrected chi connectivity index (χ0v) is 27.4. The highest BCUT2D eigenvalue weighted by Crippen LogP contribution is 2.35. The fourth-order valence-electron chi connectivity index (χ4n) is 6.02. The van der Waals surface area contributed by atoms with Crippen LogP contribution in [0.2, 0.25) is 0 Å². The van der Waals surface area contributed by atoms with Gasteiger partial charge in [0.25, 0.3) is 5.91 Å². The summed E-state index contributed by atoms with van der Waals surface area (Å²) in [6.07, 6.45) is 5.35. The van der Waals surface area contributed by atoms with Crippen molar-refractivity contribution in [1.82, 2.24) is 25.2 Å². The van der Waals surface area contributed by atoms with Gasteiger partial charge in [0.05, 0.1) is 12.0 Å². The van der Waals surface area contributed by atoms with Crippen LogP contribution in [0.3, 0.4) is 0 Å². The van der Waals surface area contributed by atoms with Crippen LogP contribution in [0.4, 0.5) is 5.69 Å². The Balaban J connectivity index is 1.41. The lowest BCUT2D eigenvalue weighted by Crippen LogP contribution is -2.50. The molecule has 1 aliphatic heterocycles. The molecule has 12 nitrogen and oxygen atoms in total. The average molecular weight is 663 g/mol. The highest BCUT2D eigenvalue weighted by molar-refractivity contribution is 7.89. The maximum Gasteiger partial charge on any atom is 0.270 e. The van der Waals surface area contributed by atoms with E-state index in [1.165, 1.54) is 10.5 Å². The number of pyridine rings is 1. The first-order chi connectivity index (χ1) is 22.8. The fraction of sp³-hybridized carbons (Fsp3) is 0.412. The van der Waals surface area contributed by atoms with Gasteiger partial charge < -0.3 is 26.0 Å². The Morgan fingerprint density at radius 2 is 1.62 bits per heavy atom. The maximum absolute atomic E-state index is 14.2. The van der Waals surface area contributed by atoms with E-state index >= 15 is 0 Å². The largest absolute Gasteiger partial charge is 0.496 e. The molecule has 2 aliphatic rings. The number of benzene rings is 2. The minimum atomic E-state index is -3.99. The molecule has 1 aromatic heterocycles. The lowest BCUT2D eigenvalue weighted by Gasteiger charge is -2.27. The predicted octanol–water partition coefficient (Wildman–Crippen LogP) is 2.44. The van der Waals surface area contributed by atoms with Crippen molar-refractivity contribution in [3.05, 3.63) is 83.2 Å². The zero-order chi connectivity index (χ0) is 33.2. The highest BCUT2D eigenvalue weighted by Gasteiger charge is 2.31. The topological polar surface area (TPSA) is 159 Å². The van der Waals surface area contributed by atoms with E-state index in [2.05, 4.69) is 26.3 Å². The number of hydrogen-bond donors (Lipinski definition) is 4. The molecule has 0 unspecified atom stereocenters. The smallest absolute Gasteiger partial charge is 0.270 e. The third-order valence-corrected chi connectivity index (χ3v) is 10.4. The van der Waals surface area contributed by atoms with Crippen LogP contribution in [0.25, 0.3) is 0 Å². The molecule has 1 aliphatic carbocycles. The van der Waals surface area contributed by atoms with Crippen LogP contribution in [0.1, 0.15) is 52.9 Å². The van der Waals surface area contributed by atoms with E-state index in [-0.39, 0.29) is 49.0 Å². The molecule has 0 radical (unpaired) electrons. The second-order valence-corrected chi connectivity index (χ2v) is 13.6. The van der Waals surface area contributed by atoms with Crippen molar-refractivity contribution in [1.29, 1.82) is 0 Å². The van der Waals surface area contributed by atoms with E-state index in [1.807, 2.05) is 30.3 Å². The number of amides is 3. The number of methoxy groups -OCH3 is 1.